The molecule has 3 atom stereocenters. The Morgan fingerprint density at radius 2 is 1.95 bits per heavy atom. The van der Waals surface area contributed by atoms with E-state index in [1.54, 1.807) is 6.92 Å². The molecule has 0 aromatic carbocycles. The maximum atomic E-state index is 12.2. The van der Waals surface area contributed by atoms with Crippen molar-refractivity contribution in [1.29, 1.82) is 0 Å². The molecule has 0 spiro atoms. The number of aliphatic carboxylic acids is 1. The number of carboxylic acid groups (broad SMARTS) is 1. The fourth-order valence-corrected chi connectivity index (χ4v) is 3.85. The second-order valence-electron chi connectivity index (χ2n) is 6.77. The quantitative estimate of drug-likeness (QED) is 0.736. The van der Waals surface area contributed by atoms with Gasteiger partial charge in [-0.05, 0) is 57.3 Å². The summed E-state index contributed by atoms with van der Waals surface area (Å²) in [7, 11) is 0. The molecule has 22 heavy (non-hydrogen) atoms. The van der Waals surface area contributed by atoms with Gasteiger partial charge in [-0.1, -0.05) is 18.9 Å². The SMILES string of the molecule is C=CC[C@@H]1CCC[C@H]1OC(=O)N[C@](C)(C(=O)O)C1CCCC1. The lowest BCUT2D eigenvalue weighted by Crippen LogP contribution is -2.57. The smallest absolute Gasteiger partial charge is 0.408 e. The second-order valence-corrected chi connectivity index (χ2v) is 6.77. The van der Waals surface area contributed by atoms with Crippen LogP contribution in [0.1, 0.15) is 58.3 Å². The van der Waals surface area contributed by atoms with E-state index in [0.717, 1.165) is 51.4 Å². The number of ether oxygens (including phenoxy) is 1. The third-order valence-corrected chi connectivity index (χ3v) is 5.29. The molecule has 0 aromatic heterocycles. The zero-order valence-corrected chi connectivity index (χ0v) is 13.3. The van der Waals surface area contributed by atoms with Gasteiger partial charge in [-0.2, -0.15) is 0 Å². The number of allylic oxidation sites excluding steroid dienone is 1. The highest BCUT2D eigenvalue weighted by Crippen LogP contribution is 2.35. The maximum Gasteiger partial charge on any atom is 0.408 e. The van der Waals surface area contributed by atoms with Crippen LogP contribution in [-0.2, 0) is 9.53 Å². The number of hydrogen-bond acceptors (Lipinski definition) is 3. The number of carbonyl (C=O) groups excluding carboxylic acids is 1. The molecule has 2 rings (SSSR count). The predicted molar refractivity (Wildman–Crippen MR) is 83.6 cm³/mol. The van der Waals surface area contributed by atoms with E-state index in [-0.39, 0.29) is 12.0 Å². The van der Waals surface area contributed by atoms with Crippen molar-refractivity contribution in [2.75, 3.05) is 0 Å². The molecule has 5 heteroatoms. The summed E-state index contributed by atoms with van der Waals surface area (Å²) in [5.41, 5.74) is -1.24. The van der Waals surface area contributed by atoms with Gasteiger partial charge in [-0.3, -0.25) is 0 Å². The standard InChI is InChI=1S/C17H27NO4/c1-3-7-12-8-6-11-14(12)22-16(21)18-17(2,15(19)20)13-9-4-5-10-13/h3,12-14H,1,4-11H2,2H3,(H,18,21)(H,19,20)/t12-,14-,17+/m1/s1. The van der Waals surface area contributed by atoms with Crippen LogP contribution in [0.5, 0.6) is 0 Å². The molecule has 5 nitrogen and oxygen atoms in total. The van der Waals surface area contributed by atoms with Crippen LogP contribution in [0.4, 0.5) is 4.79 Å². The highest BCUT2D eigenvalue weighted by atomic mass is 16.6. The molecule has 0 aliphatic heterocycles. The lowest BCUT2D eigenvalue weighted by Gasteiger charge is -2.32. The van der Waals surface area contributed by atoms with Crippen LogP contribution in [0, 0.1) is 11.8 Å². The topological polar surface area (TPSA) is 75.6 Å². The monoisotopic (exact) mass is 309 g/mol. The number of rotatable bonds is 6. The fraction of sp³-hybridized carbons (Fsp3) is 0.765. The zero-order valence-electron chi connectivity index (χ0n) is 13.3. The normalized spacial score (nSPS) is 28.0. The number of alkyl carbamates (subject to hydrolysis) is 1. The van der Waals surface area contributed by atoms with E-state index in [1.165, 1.54) is 0 Å². The molecule has 124 valence electrons. The Balaban J connectivity index is 1.96. The number of hydrogen-bond donors (Lipinski definition) is 2. The lowest BCUT2D eigenvalue weighted by molar-refractivity contribution is -0.146. The molecule has 0 heterocycles. The van der Waals surface area contributed by atoms with Crippen molar-refractivity contribution < 1.29 is 19.4 Å². The molecule has 0 aromatic rings. The highest BCUT2D eigenvalue weighted by Gasteiger charge is 2.45. The summed E-state index contributed by atoms with van der Waals surface area (Å²) in [6, 6.07) is 0. The van der Waals surface area contributed by atoms with Crippen LogP contribution in [0.15, 0.2) is 12.7 Å². The van der Waals surface area contributed by atoms with Crippen LogP contribution in [0.25, 0.3) is 0 Å². The predicted octanol–water partition coefficient (Wildman–Crippen LogP) is 3.49. The molecule has 0 saturated heterocycles. The van der Waals surface area contributed by atoms with Crippen molar-refractivity contribution in [3.05, 3.63) is 12.7 Å². The van der Waals surface area contributed by atoms with Crippen LogP contribution in [0.3, 0.4) is 0 Å². The minimum Gasteiger partial charge on any atom is -0.480 e. The number of amides is 1. The molecule has 2 N–H and O–H groups in total. The Bertz CT molecular complexity index is 430. The van der Waals surface area contributed by atoms with E-state index < -0.39 is 17.6 Å². The van der Waals surface area contributed by atoms with E-state index in [2.05, 4.69) is 11.9 Å². The average Bonchev–Trinajstić information content (AvgIpc) is 3.11. The molecular weight excluding hydrogens is 282 g/mol. The van der Waals surface area contributed by atoms with Crippen LogP contribution in [0.2, 0.25) is 0 Å². The molecular formula is C17H27NO4. The number of nitrogens with one attached hydrogen (secondary N) is 1. The Morgan fingerprint density at radius 1 is 1.27 bits per heavy atom. The molecule has 2 saturated carbocycles. The molecule has 0 radical (unpaired) electrons. The van der Waals surface area contributed by atoms with Gasteiger partial charge >= 0.3 is 12.1 Å². The first kappa shape index (κ1) is 16.8. The molecule has 2 fully saturated rings. The summed E-state index contributed by atoms with van der Waals surface area (Å²) in [5, 5.41) is 12.2. The Hall–Kier alpha value is -1.52. The van der Waals surface area contributed by atoms with E-state index >= 15 is 0 Å². The molecule has 2 aliphatic carbocycles. The molecule has 2 aliphatic rings. The van der Waals surface area contributed by atoms with Gasteiger partial charge in [0.2, 0.25) is 0 Å². The first-order valence-corrected chi connectivity index (χ1v) is 8.30. The summed E-state index contributed by atoms with van der Waals surface area (Å²) >= 11 is 0. The summed E-state index contributed by atoms with van der Waals surface area (Å²) in [4.78, 5) is 23.9. The van der Waals surface area contributed by atoms with E-state index in [1.807, 2.05) is 6.08 Å². The minimum absolute atomic E-state index is 0.0231. The van der Waals surface area contributed by atoms with Gasteiger partial charge < -0.3 is 15.2 Å². The molecule has 1 amide bonds. The van der Waals surface area contributed by atoms with Crippen molar-refractivity contribution in [3.63, 3.8) is 0 Å². The van der Waals surface area contributed by atoms with E-state index in [4.69, 9.17) is 4.74 Å². The molecule has 0 bridgehead atoms. The van der Waals surface area contributed by atoms with Crippen molar-refractivity contribution >= 4 is 12.1 Å². The first-order chi connectivity index (χ1) is 10.5. The summed E-state index contributed by atoms with van der Waals surface area (Å²) in [6.45, 7) is 5.34. The van der Waals surface area contributed by atoms with Gasteiger partial charge in [0.05, 0.1) is 0 Å². The minimum atomic E-state index is -1.24. The highest BCUT2D eigenvalue weighted by molar-refractivity contribution is 5.84. The van der Waals surface area contributed by atoms with Crippen molar-refractivity contribution in [1.82, 2.24) is 5.32 Å². The van der Waals surface area contributed by atoms with Gasteiger partial charge in [-0.25, -0.2) is 9.59 Å². The summed E-state index contributed by atoms with van der Waals surface area (Å²) in [6.07, 6.45) is 8.59. The first-order valence-electron chi connectivity index (χ1n) is 8.30. The number of carboxylic acids is 1. The lowest BCUT2D eigenvalue weighted by atomic mass is 9.84. The van der Waals surface area contributed by atoms with Gasteiger partial charge in [0.15, 0.2) is 0 Å². The summed E-state index contributed by atoms with van der Waals surface area (Å²) < 4.78 is 5.52. The van der Waals surface area contributed by atoms with Crippen LogP contribution in [-0.4, -0.2) is 28.8 Å². The second kappa shape index (κ2) is 7.16. The van der Waals surface area contributed by atoms with Crippen molar-refractivity contribution in [2.45, 2.75) is 69.9 Å². The van der Waals surface area contributed by atoms with Gasteiger partial charge in [-0.15, -0.1) is 6.58 Å². The van der Waals surface area contributed by atoms with Crippen LogP contribution >= 0.6 is 0 Å². The Labute approximate surface area is 132 Å². The largest absolute Gasteiger partial charge is 0.480 e. The average molecular weight is 309 g/mol. The van der Waals surface area contributed by atoms with Gasteiger partial charge in [0.1, 0.15) is 11.6 Å². The van der Waals surface area contributed by atoms with Gasteiger partial charge in [0.25, 0.3) is 0 Å². The van der Waals surface area contributed by atoms with Crippen molar-refractivity contribution in [3.8, 4) is 0 Å². The molecule has 0 unspecified atom stereocenters. The van der Waals surface area contributed by atoms with E-state index in [9.17, 15) is 14.7 Å². The zero-order chi connectivity index (χ0) is 16.2. The fourth-order valence-electron chi connectivity index (χ4n) is 3.85. The van der Waals surface area contributed by atoms with E-state index in [0.29, 0.717) is 5.92 Å². The Kier molecular flexibility index (Phi) is 5.48. The number of carbonyl (C=O) groups is 2. The third kappa shape index (κ3) is 3.62. The van der Waals surface area contributed by atoms with Gasteiger partial charge in [0, 0.05) is 0 Å². The van der Waals surface area contributed by atoms with Crippen LogP contribution < -0.4 is 5.32 Å². The summed E-state index contributed by atoms with van der Waals surface area (Å²) in [5.74, 6) is -0.693. The third-order valence-electron chi connectivity index (χ3n) is 5.29. The Morgan fingerprint density at radius 3 is 2.55 bits per heavy atom. The maximum absolute atomic E-state index is 12.2. The van der Waals surface area contributed by atoms with Crippen molar-refractivity contribution in [2.24, 2.45) is 11.8 Å².